The van der Waals surface area contributed by atoms with E-state index < -0.39 is 0 Å². The van der Waals surface area contributed by atoms with Crippen LogP contribution in [0, 0.1) is 0 Å². The van der Waals surface area contributed by atoms with E-state index in [-0.39, 0.29) is 0 Å². The van der Waals surface area contributed by atoms with Crippen LogP contribution >= 0.6 is 0 Å². The first-order valence-electron chi connectivity index (χ1n) is 7.66. The molecule has 0 aliphatic rings. The molecule has 2 aromatic rings. The van der Waals surface area contributed by atoms with Gasteiger partial charge in [0.05, 0.1) is 11.2 Å². The molecule has 3 N–H and O–H groups in total. The molecule has 1 aromatic heterocycles. The molecule has 0 bridgehead atoms. The van der Waals surface area contributed by atoms with Crippen LogP contribution in [-0.4, -0.2) is 11.0 Å². The minimum atomic E-state index is 0.534. The van der Waals surface area contributed by atoms with Gasteiger partial charge in [0.2, 0.25) is 0 Å². The summed E-state index contributed by atoms with van der Waals surface area (Å²) in [7, 11) is 0. The summed E-state index contributed by atoms with van der Waals surface area (Å²) in [5, 5.41) is 4.81. The quantitative estimate of drug-likeness (QED) is 0.724. The van der Waals surface area contributed by atoms with Crippen LogP contribution in [0.1, 0.15) is 46.0 Å². The van der Waals surface area contributed by atoms with E-state index in [9.17, 15) is 0 Å². The molecule has 0 spiro atoms. The van der Waals surface area contributed by atoms with E-state index in [2.05, 4.69) is 36.3 Å². The fourth-order valence-corrected chi connectivity index (χ4v) is 2.63. The number of unbranched alkanes of at least 4 members (excludes halogenated alkanes) is 1. The molecule has 0 fully saturated rings. The largest absolute Gasteiger partial charge is 0.397 e. The number of anilines is 2. The number of pyridine rings is 1. The Balaban J connectivity index is 2.25. The van der Waals surface area contributed by atoms with E-state index in [1.54, 1.807) is 0 Å². The van der Waals surface area contributed by atoms with Gasteiger partial charge in [0, 0.05) is 23.3 Å². The molecule has 0 radical (unpaired) electrons. The molecule has 2 rings (SSSR count). The van der Waals surface area contributed by atoms with Gasteiger partial charge in [-0.05, 0) is 25.0 Å². The van der Waals surface area contributed by atoms with E-state index in [0.29, 0.717) is 6.04 Å². The SMILES string of the molecule is CCCCC(CCC)Nc1ccnc2c(N)cccc12. The van der Waals surface area contributed by atoms with Gasteiger partial charge < -0.3 is 11.1 Å². The number of aromatic nitrogens is 1. The van der Waals surface area contributed by atoms with Crippen molar-refractivity contribution in [1.29, 1.82) is 0 Å². The first-order valence-corrected chi connectivity index (χ1v) is 7.66. The van der Waals surface area contributed by atoms with E-state index in [4.69, 9.17) is 5.73 Å². The minimum Gasteiger partial charge on any atom is -0.397 e. The molecular formula is C17H25N3. The average Bonchev–Trinajstić information content (AvgIpc) is 2.46. The number of rotatable bonds is 7. The molecule has 0 aliphatic carbocycles. The number of nitrogens with zero attached hydrogens (tertiary/aromatic N) is 1. The third-order valence-corrected chi connectivity index (χ3v) is 3.71. The van der Waals surface area contributed by atoms with Gasteiger partial charge >= 0.3 is 0 Å². The van der Waals surface area contributed by atoms with Crippen molar-refractivity contribution in [3.8, 4) is 0 Å². The van der Waals surface area contributed by atoms with Crippen LogP contribution in [0.15, 0.2) is 30.5 Å². The highest BCUT2D eigenvalue weighted by Gasteiger charge is 2.10. The summed E-state index contributed by atoms with van der Waals surface area (Å²) in [5.41, 5.74) is 8.79. The van der Waals surface area contributed by atoms with Gasteiger partial charge in [0.25, 0.3) is 0 Å². The first kappa shape index (κ1) is 14.6. The number of nitrogen functional groups attached to an aromatic ring is 1. The number of nitrogens with two attached hydrogens (primary N) is 1. The summed E-state index contributed by atoms with van der Waals surface area (Å²) in [4.78, 5) is 4.39. The number of hydrogen-bond acceptors (Lipinski definition) is 3. The highest BCUT2D eigenvalue weighted by atomic mass is 14.9. The molecule has 1 heterocycles. The molecule has 1 atom stereocenters. The molecular weight excluding hydrogens is 246 g/mol. The molecule has 108 valence electrons. The summed E-state index contributed by atoms with van der Waals surface area (Å²) in [5.74, 6) is 0. The Kier molecular flexibility index (Phi) is 5.22. The van der Waals surface area contributed by atoms with Gasteiger partial charge in [-0.25, -0.2) is 0 Å². The van der Waals surface area contributed by atoms with Crippen molar-refractivity contribution >= 4 is 22.3 Å². The number of fused-ring (bicyclic) bond motifs is 1. The summed E-state index contributed by atoms with van der Waals surface area (Å²) in [6, 6.07) is 8.57. The van der Waals surface area contributed by atoms with Crippen molar-refractivity contribution in [2.45, 2.75) is 52.0 Å². The Hall–Kier alpha value is -1.77. The number of para-hydroxylation sites is 1. The third-order valence-electron chi connectivity index (χ3n) is 3.71. The zero-order chi connectivity index (χ0) is 14.4. The van der Waals surface area contributed by atoms with Crippen molar-refractivity contribution in [3.05, 3.63) is 30.5 Å². The molecule has 3 nitrogen and oxygen atoms in total. The topological polar surface area (TPSA) is 50.9 Å². The van der Waals surface area contributed by atoms with Crippen LogP contribution in [-0.2, 0) is 0 Å². The van der Waals surface area contributed by atoms with Crippen molar-refractivity contribution in [2.75, 3.05) is 11.1 Å². The summed E-state index contributed by atoms with van der Waals surface area (Å²) < 4.78 is 0. The molecule has 20 heavy (non-hydrogen) atoms. The highest BCUT2D eigenvalue weighted by molar-refractivity contribution is 5.97. The Labute approximate surface area is 121 Å². The number of benzene rings is 1. The Morgan fingerprint density at radius 1 is 1.15 bits per heavy atom. The molecule has 0 saturated carbocycles. The molecule has 0 saturated heterocycles. The van der Waals surface area contributed by atoms with Crippen LogP contribution in [0.5, 0.6) is 0 Å². The maximum absolute atomic E-state index is 6.00. The van der Waals surface area contributed by atoms with Crippen molar-refractivity contribution in [2.24, 2.45) is 0 Å². The Bertz CT molecular complexity index is 551. The fourth-order valence-electron chi connectivity index (χ4n) is 2.63. The maximum Gasteiger partial charge on any atom is 0.0951 e. The van der Waals surface area contributed by atoms with E-state index >= 15 is 0 Å². The lowest BCUT2D eigenvalue weighted by Gasteiger charge is -2.20. The zero-order valence-electron chi connectivity index (χ0n) is 12.5. The van der Waals surface area contributed by atoms with Crippen LogP contribution in [0.25, 0.3) is 10.9 Å². The molecule has 0 amide bonds. The molecule has 3 heteroatoms. The third kappa shape index (κ3) is 3.41. The predicted octanol–water partition coefficient (Wildman–Crippen LogP) is 4.59. The molecule has 1 unspecified atom stereocenters. The lowest BCUT2D eigenvalue weighted by molar-refractivity contribution is 0.565. The normalized spacial score (nSPS) is 12.5. The monoisotopic (exact) mass is 271 g/mol. The lowest BCUT2D eigenvalue weighted by Crippen LogP contribution is -2.19. The maximum atomic E-state index is 6.00. The van der Waals surface area contributed by atoms with Gasteiger partial charge in [-0.3, -0.25) is 4.98 Å². The van der Waals surface area contributed by atoms with Crippen molar-refractivity contribution < 1.29 is 0 Å². The summed E-state index contributed by atoms with van der Waals surface area (Å²) in [6.07, 6.45) is 7.97. The Morgan fingerprint density at radius 2 is 2.00 bits per heavy atom. The average molecular weight is 271 g/mol. The van der Waals surface area contributed by atoms with Crippen molar-refractivity contribution in [3.63, 3.8) is 0 Å². The zero-order valence-corrected chi connectivity index (χ0v) is 12.5. The second-order valence-corrected chi connectivity index (χ2v) is 5.37. The van der Waals surface area contributed by atoms with Gasteiger partial charge in [0.1, 0.15) is 0 Å². The van der Waals surface area contributed by atoms with E-state index in [1.807, 2.05) is 18.3 Å². The first-order chi connectivity index (χ1) is 9.76. The van der Waals surface area contributed by atoms with Gasteiger partial charge in [-0.15, -0.1) is 0 Å². The standard InChI is InChI=1S/C17H25N3/c1-3-5-8-13(7-4-2)20-16-11-12-19-17-14(16)9-6-10-15(17)18/h6,9-13H,3-5,7-8,18H2,1-2H3,(H,19,20). The van der Waals surface area contributed by atoms with E-state index in [1.165, 1.54) is 32.1 Å². The highest BCUT2D eigenvalue weighted by Crippen LogP contribution is 2.27. The second kappa shape index (κ2) is 7.13. The van der Waals surface area contributed by atoms with Gasteiger partial charge in [-0.1, -0.05) is 45.2 Å². The van der Waals surface area contributed by atoms with Crippen LogP contribution in [0.2, 0.25) is 0 Å². The van der Waals surface area contributed by atoms with Crippen LogP contribution in [0.4, 0.5) is 11.4 Å². The minimum absolute atomic E-state index is 0.534. The Morgan fingerprint density at radius 3 is 2.75 bits per heavy atom. The summed E-state index contributed by atoms with van der Waals surface area (Å²) in [6.45, 7) is 4.48. The van der Waals surface area contributed by atoms with Gasteiger partial charge in [0.15, 0.2) is 0 Å². The van der Waals surface area contributed by atoms with E-state index in [0.717, 1.165) is 22.3 Å². The van der Waals surface area contributed by atoms with Gasteiger partial charge in [-0.2, -0.15) is 0 Å². The number of nitrogens with one attached hydrogen (secondary N) is 1. The molecule has 1 aromatic carbocycles. The van der Waals surface area contributed by atoms with Crippen molar-refractivity contribution in [1.82, 2.24) is 4.98 Å². The smallest absolute Gasteiger partial charge is 0.0951 e. The predicted molar refractivity (Wildman–Crippen MR) is 88.0 cm³/mol. The second-order valence-electron chi connectivity index (χ2n) is 5.37. The molecule has 0 aliphatic heterocycles. The summed E-state index contributed by atoms with van der Waals surface area (Å²) >= 11 is 0. The lowest BCUT2D eigenvalue weighted by atomic mass is 10.0. The van der Waals surface area contributed by atoms with Crippen LogP contribution < -0.4 is 11.1 Å². The van der Waals surface area contributed by atoms with Crippen LogP contribution in [0.3, 0.4) is 0 Å². The fraction of sp³-hybridized carbons (Fsp3) is 0.471. The number of hydrogen-bond donors (Lipinski definition) is 2.